The molecule has 0 bridgehead atoms. The molecule has 5 nitrogen and oxygen atoms in total. The van der Waals surface area contributed by atoms with Gasteiger partial charge in [0, 0.05) is 39.0 Å². The van der Waals surface area contributed by atoms with Gasteiger partial charge in [0.25, 0.3) is 0 Å². The monoisotopic (exact) mass is 266 g/mol. The molecule has 0 amide bonds. The van der Waals surface area contributed by atoms with E-state index in [1.54, 1.807) is 7.11 Å². The van der Waals surface area contributed by atoms with Gasteiger partial charge in [-0.05, 0) is 26.7 Å². The van der Waals surface area contributed by atoms with Gasteiger partial charge in [0.1, 0.15) is 0 Å². The van der Waals surface area contributed by atoms with Crippen molar-refractivity contribution in [3.05, 3.63) is 18.2 Å². The molecule has 1 saturated heterocycles. The quantitative estimate of drug-likeness (QED) is 0.879. The standard InChI is InChI=1S/C14H26N4O/c1-11(2)18-10-16-9-14(18)13(8-15)17-6-4-12(19-3)5-7-17/h9-13H,4-8,15H2,1-3H3. The van der Waals surface area contributed by atoms with Crippen molar-refractivity contribution >= 4 is 0 Å². The van der Waals surface area contributed by atoms with E-state index in [1.807, 2.05) is 12.5 Å². The van der Waals surface area contributed by atoms with Crippen LogP contribution < -0.4 is 5.73 Å². The van der Waals surface area contributed by atoms with Gasteiger partial charge in [-0.25, -0.2) is 4.98 Å². The van der Waals surface area contributed by atoms with Gasteiger partial charge < -0.3 is 15.0 Å². The van der Waals surface area contributed by atoms with E-state index in [9.17, 15) is 0 Å². The summed E-state index contributed by atoms with van der Waals surface area (Å²) in [6, 6.07) is 0.686. The molecule has 1 unspecified atom stereocenters. The Hall–Kier alpha value is -0.910. The summed E-state index contributed by atoms with van der Waals surface area (Å²) in [5.41, 5.74) is 7.25. The number of rotatable bonds is 5. The largest absolute Gasteiger partial charge is 0.381 e. The van der Waals surface area contributed by atoms with Crippen molar-refractivity contribution in [2.24, 2.45) is 5.73 Å². The van der Waals surface area contributed by atoms with Crippen molar-refractivity contribution in [3.63, 3.8) is 0 Å². The molecule has 5 heteroatoms. The van der Waals surface area contributed by atoms with E-state index in [0.29, 0.717) is 18.7 Å². The average Bonchev–Trinajstić information content (AvgIpc) is 2.90. The van der Waals surface area contributed by atoms with Crippen LogP contribution in [0.3, 0.4) is 0 Å². The van der Waals surface area contributed by atoms with Crippen molar-refractivity contribution < 1.29 is 4.74 Å². The van der Waals surface area contributed by atoms with E-state index in [0.717, 1.165) is 25.9 Å². The van der Waals surface area contributed by atoms with E-state index in [2.05, 4.69) is 28.3 Å². The smallest absolute Gasteiger partial charge is 0.0951 e. The summed E-state index contributed by atoms with van der Waals surface area (Å²) in [5, 5.41) is 0. The van der Waals surface area contributed by atoms with Gasteiger partial charge in [-0.2, -0.15) is 0 Å². The first-order chi connectivity index (χ1) is 9.17. The fourth-order valence-electron chi connectivity index (χ4n) is 2.88. The molecule has 2 N–H and O–H groups in total. The fourth-order valence-corrected chi connectivity index (χ4v) is 2.88. The molecule has 1 aliphatic rings. The molecule has 19 heavy (non-hydrogen) atoms. The lowest BCUT2D eigenvalue weighted by atomic mass is 10.0. The van der Waals surface area contributed by atoms with Crippen molar-refractivity contribution in [3.8, 4) is 0 Å². The summed E-state index contributed by atoms with van der Waals surface area (Å²) in [7, 11) is 1.80. The highest BCUT2D eigenvalue weighted by atomic mass is 16.5. The lowest BCUT2D eigenvalue weighted by molar-refractivity contribution is 0.0268. The minimum absolute atomic E-state index is 0.266. The van der Waals surface area contributed by atoms with E-state index in [1.165, 1.54) is 5.69 Å². The van der Waals surface area contributed by atoms with Crippen LogP contribution in [0.25, 0.3) is 0 Å². The molecule has 1 aromatic heterocycles. The van der Waals surface area contributed by atoms with Crippen LogP contribution in [-0.2, 0) is 4.74 Å². The van der Waals surface area contributed by atoms with Crippen molar-refractivity contribution in [1.82, 2.24) is 14.5 Å². The van der Waals surface area contributed by atoms with Gasteiger partial charge in [0.15, 0.2) is 0 Å². The Kier molecular flexibility index (Phi) is 4.96. The number of nitrogens with zero attached hydrogens (tertiary/aromatic N) is 3. The predicted molar refractivity (Wildman–Crippen MR) is 76.0 cm³/mol. The zero-order chi connectivity index (χ0) is 13.8. The number of methoxy groups -OCH3 is 1. The summed E-state index contributed by atoms with van der Waals surface area (Å²) >= 11 is 0. The molecule has 0 radical (unpaired) electrons. The summed E-state index contributed by atoms with van der Waals surface area (Å²) in [6.45, 7) is 7.08. The molecule has 0 saturated carbocycles. The highest BCUT2D eigenvalue weighted by molar-refractivity contribution is 5.08. The molecule has 0 aromatic carbocycles. The van der Waals surface area contributed by atoms with Crippen molar-refractivity contribution in [2.45, 2.75) is 44.9 Å². The molecular formula is C14H26N4O. The van der Waals surface area contributed by atoms with E-state index >= 15 is 0 Å². The molecule has 1 aromatic rings. The number of aromatic nitrogens is 2. The lowest BCUT2D eigenvalue weighted by Crippen LogP contribution is -2.42. The maximum Gasteiger partial charge on any atom is 0.0951 e. The second kappa shape index (κ2) is 6.50. The Balaban J connectivity index is 2.10. The van der Waals surface area contributed by atoms with Crippen LogP contribution >= 0.6 is 0 Å². The Morgan fingerprint density at radius 3 is 2.63 bits per heavy atom. The zero-order valence-corrected chi connectivity index (χ0v) is 12.2. The molecule has 2 heterocycles. The Labute approximate surface area is 115 Å². The second-order valence-electron chi connectivity index (χ2n) is 5.54. The van der Waals surface area contributed by atoms with Crippen molar-refractivity contribution in [2.75, 3.05) is 26.7 Å². The van der Waals surface area contributed by atoms with Crippen LogP contribution in [-0.4, -0.2) is 47.3 Å². The number of piperidine rings is 1. The topological polar surface area (TPSA) is 56.3 Å². The van der Waals surface area contributed by atoms with Crippen LogP contribution in [0.15, 0.2) is 12.5 Å². The van der Waals surface area contributed by atoms with Crippen LogP contribution in [0.1, 0.15) is 44.5 Å². The van der Waals surface area contributed by atoms with Gasteiger partial charge in [-0.3, -0.25) is 4.90 Å². The van der Waals surface area contributed by atoms with Gasteiger partial charge in [-0.15, -0.1) is 0 Å². The van der Waals surface area contributed by atoms with Crippen LogP contribution in [0.5, 0.6) is 0 Å². The summed E-state index contributed by atoms with van der Waals surface area (Å²) in [5.74, 6) is 0. The van der Waals surface area contributed by atoms with Gasteiger partial charge in [-0.1, -0.05) is 0 Å². The first-order valence-corrected chi connectivity index (χ1v) is 7.16. The summed E-state index contributed by atoms with van der Waals surface area (Å²) in [4.78, 5) is 6.76. The minimum atomic E-state index is 0.266. The maximum absolute atomic E-state index is 6.02. The fraction of sp³-hybridized carbons (Fsp3) is 0.786. The Morgan fingerprint density at radius 2 is 2.11 bits per heavy atom. The van der Waals surface area contributed by atoms with Crippen LogP contribution in [0.2, 0.25) is 0 Å². The third-order valence-corrected chi connectivity index (χ3v) is 4.07. The molecule has 0 spiro atoms. The molecule has 0 aliphatic carbocycles. The van der Waals surface area contributed by atoms with Gasteiger partial charge in [0.05, 0.1) is 24.2 Å². The average molecular weight is 266 g/mol. The molecule has 2 rings (SSSR count). The SMILES string of the molecule is COC1CCN(C(CN)c2cncn2C(C)C)CC1. The van der Waals surface area contributed by atoms with E-state index in [-0.39, 0.29) is 6.04 Å². The van der Waals surface area contributed by atoms with E-state index in [4.69, 9.17) is 10.5 Å². The van der Waals surface area contributed by atoms with E-state index < -0.39 is 0 Å². The molecule has 108 valence electrons. The zero-order valence-electron chi connectivity index (χ0n) is 12.2. The number of likely N-dealkylation sites (tertiary alicyclic amines) is 1. The summed E-state index contributed by atoms with van der Waals surface area (Å²) in [6.07, 6.45) is 6.44. The Morgan fingerprint density at radius 1 is 1.42 bits per heavy atom. The first-order valence-electron chi connectivity index (χ1n) is 7.16. The minimum Gasteiger partial charge on any atom is -0.381 e. The third-order valence-electron chi connectivity index (χ3n) is 4.07. The van der Waals surface area contributed by atoms with Crippen molar-refractivity contribution in [1.29, 1.82) is 0 Å². The third kappa shape index (κ3) is 3.16. The molecule has 1 aliphatic heterocycles. The maximum atomic E-state index is 6.02. The highest BCUT2D eigenvalue weighted by Gasteiger charge is 2.27. The number of nitrogens with two attached hydrogens (primary N) is 1. The van der Waals surface area contributed by atoms with Gasteiger partial charge in [0.2, 0.25) is 0 Å². The predicted octanol–water partition coefficient (Wildman–Crippen LogP) is 1.57. The molecular weight excluding hydrogens is 240 g/mol. The van der Waals surface area contributed by atoms with Crippen LogP contribution in [0, 0.1) is 0 Å². The number of hydrogen-bond acceptors (Lipinski definition) is 4. The lowest BCUT2D eigenvalue weighted by Gasteiger charge is -2.37. The number of ether oxygens (including phenoxy) is 1. The number of hydrogen-bond donors (Lipinski definition) is 1. The summed E-state index contributed by atoms with van der Waals surface area (Å²) < 4.78 is 7.65. The molecule has 1 fully saturated rings. The van der Waals surface area contributed by atoms with Crippen LogP contribution in [0.4, 0.5) is 0 Å². The number of imidazole rings is 1. The molecule has 1 atom stereocenters. The second-order valence-corrected chi connectivity index (χ2v) is 5.54. The highest BCUT2D eigenvalue weighted by Crippen LogP contribution is 2.26. The first kappa shape index (κ1) is 14.5. The normalized spacial score (nSPS) is 20.1. The van der Waals surface area contributed by atoms with Gasteiger partial charge >= 0.3 is 0 Å². The Bertz CT molecular complexity index is 383.